The minimum Gasteiger partial charge on any atom is -0.493 e. The molecule has 2 atom stereocenters. The van der Waals surface area contributed by atoms with Gasteiger partial charge in [0.05, 0.1) is 6.61 Å². The summed E-state index contributed by atoms with van der Waals surface area (Å²) in [6, 6.07) is 7.34. The number of fused-ring (bicyclic) bond motifs is 1. The van der Waals surface area contributed by atoms with E-state index in [2.05, 4.69) is 30.4 Å². The molecule has 0 bridgehead atoms. The molecule has 0 spiro atoms. The minimum atomic E-state index is 0.638. The summed E-state index contributed by atoms with van der Waals surface area (Å²) in [6.45, 7) is 4.26. The zero-order valence-electron chi connectivity index (χ0n) is 10.5. The van der Waals surface area contributed by atoms with Crippen molar-refractivity contribution in [3.8, 4) is 5.75 Å². The molecule has 0 aliphatic carbocycles. The summed E-state index contributed by atoms with van der Waals surface area (Å²) in [6.07, 6.45) is 4.90. The van der Waals surface area contributed by atoms with Gasteiger partial charge in [-0.3, -0.25) is 0 Å². The maximum absolute atomic E-state index is 5.91. The van der Waals surface area contributed by atoms with Gasteiger partial charge < -0.3 is 10.1 Å². The molecule has 1 saturated heterocycles. The van der Waals surface area contributed by atoms with Crippen molar-refractivity contribution in [3.63, 3.8) is 0 Å². The quantitative estimate of drug-likeness (QED) is 0.802. The van der Waals surface area contributed by atoms with Gasteiger partial charge in [0.15, 0.2) is 0 Å². The van der Waals surface area contributed by atoms with Crippen molar-refractivity contribution < 1.29 is 4.74 Å². The molecule has 2 aliphatic rings. The summed E-state index contributed by atoms with van der Waals surface area (Å²) in [7, 11) is 0. The molecule has 2 heterocycles. The topological polar surface area (TPSA) is 21.3 Å². The number of rotatable bonds is 1. The first kappa shape index (κ1) is 11.1. The molecule has 1 fully saturated rings. The van der Waals surface area contributed by atoms with Gasteiger partial charge in [0.25, 0.3) is 0 Å². The number of nitrogens with one attached hydrogen (secondary N) is 1. The molecule has 3 rings (SSSR count). The number of aryl methyl sites for hydroxylation is 1. The van der Waals surface area contributed by atoms with Crippen LogP contribution in [0.15, 0.2) is 18.2 Å². The molecule has 1 N–H and O–H groups in total. The maximum Gasteiger partial charge on any atom is 0.125 e. The summed E-state index contributed by atoms with van der Waals surface area (Å²) >= 11 is 0. The molecule has 17 heavy (non-hydrogen) atoms. The largest absolute Gasteiger partial charge is 0.493 e. The van der Waals surface area contributed by atoms with Crippen LogP contribution < -0.4 is 10.1 Å². The molecule has 0 radical (unpaired) electrons. The SMILES string of the molecule is CC1CCC(c2cccc3c2OCCC3)CN1. The molecule has 2 nitrogen and oxygen atoms in total. The molecule has 2 unspecified atom stereocenters. The molecule has 92 valence electrons. The molecular formula is C15H21NO. The second-order valence-corrected chi connectivity index (χ2v) is 5.37. The summed E-state index contributed by atoms with van der Waals surface area (Å²) in [4.78, 5) is 0. The Hall–Kier alpha value is -1.02. The normalized spacial score (nSPS) is 28.3. The zero-order chi connectivity index (χ0) is 11.7. The fourth-order valence-electron chi connectivity index (χ4n) is 3.00. The Morgan fingerprint density at radius 1 is 1.29 bits per heavy atom. The van der Waals surface area contributed by atoms with Crippen LogP contribution in [-0.2, 0) is 6.42 Å². The summed E-state index contributed by atoms with van der Waals surface area (Å²) in [5.41, 5.74) is 2.84. The summed E-state index contributed by atoms with van der Waals surface area (Å²) in [5, 5.41) is 3.58. The fraction of sp³-hybridized carbons (Fsp3) is 0.600. The number of hydrogen-bond acceptors (Lipinski definition) is 2. The number of benzene rings is 1. The van der Waals surface area contributed by atoms with Crippen molar-refractivity contribution >= 4 is 0 Å². The predicted octanol–water partition coefficient (Wildman–Crippen LogP) is 2.87. The van der Waals surface area contributed by atoms with Gasteiger partial charge in [0, 0.05) is 18.5 Å². The number of ether oxygens (including phenoxy) is 1. The van der Waals surface area contributed by atoms with Crippen molar-refractivity contribution in [1.29, 1.82) is 0 Å². The standard InChI is InChI=1S/C15H21NO/c1-11-7-8-13(10-16-11)14-6-2-4-12-5-3-9-17-15(12)14/h2,4,6,11,13,16H,3,5,7-10H2,1H3. The van der Waals surface area contributed by atoms with E-state index in [0.717, 1.165) is 19.6 Å². The molecule has 2 heteroatoms. The van der Waals surface area contributed by atoms with Crippen LogP contribution in [0.1, 0.15) is 43.2 Å². The highest BCUT2D eigenvalue weighted by molar-refractivity contribution is 5.45. The number of piperidine rings is 1. The molecule has 1 aromatic carbocycles. The van der Waals surface area contributed by atoms with E-state index in [1.165, 1.54) is 36.1 Å². The lowest BCUT2D eigenvalue weighted by Crippen LogP contribution is -2.36. The lowest BCUT2D eigenvalue weighted by molar-refractivity contribution is 0.279. The average Bonchev–Trinajstić information content (AvgIpc) is 2.39. The molecule has 2 aliphatic heterocycles. The van der Waals surface area contributed by atoms with Gasteiger partial charge in [0.1, 0.15) is 5.75 Å². The average molecular weight is 231 g/mol. The Labute approximate surface area is 103 Å². The highest BCUT2D eigenvalue weighted by atomic mass is 16.5. The van der Waals surface area contributed by atoms with Crippen LogP contribution in [0.2, 0.25) is 0 Å². The Morgan fingerprint density at radius 3 is 3.06 bits per heavy atom. The lowest BCUT2D eigenvalue weighted by atomic mass is 9.86. The highest BCUT2D eigenvalue weighted by Gasteiger charge is 2.24. The van der Waals surface area contributed by atoms with Crippen molar-refractivity contribution in [3.05, 3.63) is 29.3 Å². The Morgan fingerprint density at radius 2 is 2.24 bits per heavy atom. The van der Waals surface area contributed by atoms with Gasteiger partial charge in [-0.25, -0.2) is 0 Å². The highest BCUT2D eigenvalue weighted by Crippen LogP contribution is 2.36. The van der Waals surface area contributed by atoms with E-state index in [1.807, 2.05) is 0 Å². The summed E-state index contributed by atoms with van der Waals surface area (Å²) < 4.78 is 5.91. The van der Waals surface area contributed by atoms with Gasteiger partial charge in [-0.2, -0.15) is 0 Å². The van der Waals surface area contributed by atoms with Gasteiger partial charge in [-0.15, -0.1) is 0 Å². The molecule has 1 aromatic rings. The molecule has 0 amide bonds. The van der Waals surface area contributed by atoms with Gasteiger partial charge in [-0.1, -0.05) is 18.2 Å². The van der Waals surface area contributed by atoms with Crippen LogP contribution in [0, 0.1) is 0 Å². The second kappa shape index (κ2) is 4.69. The third kappa shape index (κ3) is 2.19. The van der Waals surface area contributed by atoms with E-state index in [9.17, 15) is 0 Å². The Balaban J connectivity index is 1.87. The van der Waals surface area contributed by atoms with E-state index >= 15 is 0 Å². The van der Waals surface area contributed by atoms with Crippen LogP contribution in [0.4, 0.5) is 0 Å². The van der Waals surface area contributed by atoms with Crippen LogP contribution in [0.25, 0.3) is 0 Å². The van der Waals surface area contributed by atoms with Crippen LogP contribution in [0.5, 0.6) is 5.75 Å². The summed E-state index contributed by atoms with van der Waals surface area (Å²) in [5.74, 6) is 1.83. The number of hydrogen-bond donors (Lipinski definition) is 1. The third-order valence-corrected chi connectivity index (χ3v) is 4.06. The van der Waals surface area contributed by atoms with Gasteiger partial charge in [-0.05, 0) is 43.7 Å². The third-order valence-electron chi connectivity index (χ3n) is 4.06. The monoisotopic (exact) mass is 231 g/mol. The molecular weight excluding hydrogens is 210 g/mol. The molecule has 0 saturated carbocycles. The lowest BCUT2D eigenvalue weighted by Gasteiger charge is -2.30. The van der Waals surface area contributed by atoms with Crippen LogP contribution in [0.3, 0.4) is 0 Å². The van der Waals surface area contributed by atoms with Crippen LogP contribution in [-0.4, -0.2) is 19.2 Å². The van der Waals surface area contributed by atoms with Gasteiger partial charge >= 0.3 is 0 Å². The van der Waals surface area contributed by atoms with E-state index in [0.29, 0.717) is 12.0 Å². The van der Waals surface area contributed by atoms with Gasteiger partial charge in [0.2, 0.25) is 0 Å². The van der Waals surface area contributed by atoms with Crippen molar-refractivity contribution in [1.82, 2.24) is 5.32 Å². The Bertz CT molecular complexity index is 394. The Kier molecular flexibility index (Phi) is 3.06. The first-order valence-electron chi connectivity index (χ1n) is 6.82. The van der Waals surface area contributed by atoms with Crippen molar-refractivity contribution in [2.75, 3.05) is 13.2 Å². The second-order valence-electron chi connectivity index (χ2n) is 5.37. The fourth-order valence-corrected chi connectivity index (χ4v) is 3.00. The zero-order valence-corrected chi connectivity index (χ0v) is 10.5. The predicted molar refractivity (Wildman–Crippen MR) is 69.7 cm³/mol. The van der Waals surface area contributed by atoms with E-state index in [4.69, 9.17) is 4.74 Å². The van der Waals surface area contributed by atoms with E-state index < -0.39 is 0 Å². The molecule has 0 aromatic heterocycles. The van der Waals surface area contributed by atoms with Crippen LogP contribution >= 0.6 is 0 Å². The minimum absolute atomic E-state index is 0.638. The first-order chi connectivity index (χ1) is 8.34. The van der Waals surface area contributed by atoms with Crippen molar-refractivity contribution in [2.24, 2.45) is 0 Å². The maximum atomic E-state index is 5.91. The number of para-hydroxylation sites is 1. The van der Waals surface area contributed by atoms with Crippen molar-refractivity contribution in [2.45, 2.75) is 44.6 Å². The first-order valence-corrected chi connectivity index (χ1v) is 6.82. The van der Waals surface area contributed by atoms with E-state index in [-0.39, 0.29) is 0 Å². The van der Waals surface area contributed by atoms with E-state index in [1.54, 1.807) is 0 Å². The smallest absolute Gasteiger partial charge is 0.125 e.